The van der Waals surface area contributed by atoms with Crippen molar-refractivity contribution in [3.63, 3.8) is 0 Å². The second-order valence-corrected chi connectivity index (χ2v) is 18.8. The largest absolute Gasteiger partial charge is 0.384 e. The Labute approximate surface area is 404 Å². The quantitative estimate of drug-likeness (QED) is 0.112. The summed E-state index contributed by atoms with van der Waals surface area (Å²) in [5.41, 5.74) is 33.4. The number of nitrogen functional groups attached to an aromatic ring is 2. The Balaban J connectivity index is 0.000000152. The number of nitrogens with zero attached hydrogens (tertiary/aromatic N) is 4. The molecular formula is C56H52N8O6. The van der Waals surface area contributed by atoms with Crippen molar-refractivity contribution in [1.29, 1.82) is 0 Å². The van der Waals surface area contributed by atoms with E-state index in [2.05, 4.69) is 67.3 Å². The van der Waals surface area contributed by atoms with Crippen LogP contribution in [0.3, 0.4) is 0 Å². The second kappa shape index (κ2) is 16.9. The van der Waals surface area contributed by atoms with Crippen LogP contribution in [-0.4, -0.2) is 32.1 Å². The fourth-order valence-corrected chi connectivity index (χ4v) is 10.9. The number of ether oxygens (including phenoxy) is 2. The van der Waals surface area contributed by atoms with Gasteiger partial charge in [0.25, 0.3) is 11.8 Å². The van der Waals surface area contributed by atoms with E-state index in [9.17, 15) is 9.59 Å². The number of nitrogens with one attached hydrogen (secondary N) is 2. The number of carbonyl (C=O) groups excluding carboxylic acids is 2. The SMILES string of the molecule is Cc1cc(N)nc(C)c1CNC(=O)c1ccc2c(c1)C1OC2c2cc(-c3c(C)noc3C)ccc21.Cc1cc(N)nc(C)c1CNC(=O)c1ccc2c(c1)C1OC2c2ccc(-c3c(C)noc3C)cc21. The number of pyridine rings is 2. The monoisotopic (exact) mass is 932 g/mol. The average Bonchev–Trinajstić information content (AvgIpc) is 4.19. The molecule has 0 radical (unpaired) electrons. The van der Waals surface area contributed by atoms with Crippen LogP contribution in [0.4, 0.5) is 11.6 Å². The summed E-state index contributed by atoms with van der Waals surface area (Å²) in [5, 5.41) is 14.2. The zero-order valence-corrected chi connectivity index (χ0v) is 40.2. The van der Waals surface area contributed by atoms with Crippen molar-refractivity contribution in [2.75, 3.05) is 11.5 Å². The Morgan fingerprint density at radius 2 is 0.829 bits per heavy atom. The van der Waals surface area contributed by atoms with E-state index in [0.29, 0.717) is 35.9 Å². The third-order valence-electron chi connectivity index (χ3n) is 14.3. The summed E-state index contributed by atoms with van der Waals surface area (Å²) in [4.78, 5) is 34.6. The molecule has 4 bridgehead atoms. The van der Waals surface area contributed by atoms with Crippen molar-refractivity contribution in [3.8, 4) is 22.3 Å². The highest BCUT2D eigenvalue weighted by Gasteiger charge is 2.44. The van der Waals surface area contributed by atoms with Crippen LogP contribution in [0.25, 0.3) is 22.3 Å². The average molecular weight is 933 g/mol. The molecule has 4 aromatic heterocycles. The lowest BCUT2D eigenvalue weighted by Crippen LogP contribution is -2.24. The fraction of sp³-hybridized carbons (Fsp3) is 0.250. The van der Waals surface area contributed by atoms with Gasteiger partial charge in [0.15, 0.2) is 0 Å². The van der Waals surface area contributed by atoms with E-state index < -0.39 is 0 Å². The minimum absolute atomic E-state index is 0.105. The van der Waals surface area contributed by atoms with Gasteiger partial charge in [0.2, 0.25) is 0 Å². The van der Waals surface area contributed by atoms with Crippen LogP contribution in [0, 0.1) is 55.4 Å². The molecule has 0 saturated carbocycles. The van der Waals surface area contributed by atoms with E-state index in [1.54, 1.807) is 0 Å². The first-order valence-electron chi connectivity index (χ1n) is 23.4. The van der Waals surface area contributed by atoms with Crippen molar-refractivity contribution in [2.45, 2.75) is 92.9 Å². The maximum Gasteiger partial charge on any atom is 0.251 e. The smallest absolute Gasteiger partial charge is 0.251 e. The highest BCUT2D eigenvalue weighted by atomic mass is 16.5. The highest BCUT2D eigenvalue weighted by Crippen LogP contribution is 2.56. The third-order valence-corrected chi connectivity index (χ3v) is 14.3. The standard InChI is InChI=1S/2C28H26N4O3/c1-13-9-24(29)31-14(2)23(13)12-30-28(33)18-6-8-20-22(11-18)27-19-7-5-17(10-21(19)26(20)34-27)25-15(3)32-35-16(25)4;1-13-9-24(29)31-14(2)23(13)12-30-28(33)18-6-8-20-22(11-18)27-21-10-17(5-7-19(21)26(20)34-27)25-15(3)32-35-16(25)4/h2*5-11,26-27H,12H2,1-4H3,(H2,29,31)(H,30,33). The molecule has 0 spiro atoms. The van der Waals surface area contributed by atoms with Crippen molar-refractivity contribution < 1.29 is 28.1 Å². The Kier molecular flexibility index (Phi) is 10.8. The number of aromatic nitrogens is 4. The molecule has 8 heterocycles. The van der Waals surface area contributed by atoms with Crippen LogP contribution < -0.4 is 22.1 Å². The van der Waals surface area contributed by atoms with Crippen LogP contribution in [0.2, 0.25) is 0 Å². The number of amides is 2. The number of fused-ring (bicyclic) bond motifs is 16. The van der Waals surface area contributed by atoms with Gasteiger partial charge >= 0.3 is 0 Å². The number of nitrogens with two attached hydrogens (primary N) is 2. The molecule has 8 aromatic rings. The Bertz CT molecular complexity index is 3410. The summed E-state index contributed by atoms with van der Waals surface area (Å²) in [7, 11) is 0. The van der Waals surface area contributed by atoms with Crippen molar-refractivity contribution in [3.05, 3.63) is 197 Å². The first-order chi connectivity index (χ1) is 33.6. The van der Waals surface area contributed by atoms with Crippen LogP contribution in [0.1, 0.15) is 146 Å². The summed E-state index contributed by atoms with van der Waals surface area (Å²) < 4.78 is 23.5. The van der Waals surface area contributed by atoms with Gasteiger partial charge in [-0.25, -0.2) is 9.97 Å². The van der Waals surface area contributed by atoms with E-state index in [1.807, 2.05) is 104 Å². The molecule has 14 nitrogen and oxygen atoms in total. The Morgan fingerprint density at radius 1 is 0.471 bits per heavy atom. The zero-order valence-electron chi connectivity index (χ0n) is 40.2. The molecule has 14 heteroatoms. The van der Waals surface area contributed by atoms with Gasteiger partial charge < -0.3 is 40.6 Å². The second-order valence-electron chi connectivity index (χ2n) is 18.8. The molecule has 352 valence electrons. The van der Waals surface area contributed by atoms with Gasteiger partial charge in [-0.05, 0) is 182 Å². The van der Waals surface area contributed by atoms with E-state index in [0.717, 1.165) is 112 Å². The number of rotatable bonds is 8. The summed E-state index contributed by atoms with van der Waals surface area (Å²) in [6.45, 7) is 16.3. The molecule has 12 rings (SSSR count). The number of carbonyl (C=O) groups is 2. The molecule has 4 aliphatic heterocycles. The topological polar surface area (TPSA) is 207 Å². The maximum absolute atomic E-state index is 13.0. The van der Waals surface area contributed by atoms with Crippen LogP contribution in [0.15, 0.2) is 94.0 Å². The molecule has 0 saturated heterocycles. The summed E-state index contributed by atoms with van der Waals surface area (Å²) >= 11 is 0. The van der Waals surface area contributed by atoms with Gasteiger partial charge in [-0.2, -0.15) is 0 Å². The highest BCUT2D eigenvalue weighted by molar-refractivity contribution is 5.95. The van der Waals surface area contributed by atoms with Gasteiger partial charge in [0, 0.05) is 46.7 Å². The van der Waals surface area contributed by atoms with Crippen molar-refractivity contribution >= 4 is 23.5 Å². The van der Waals surface area contributed by atoms with E-state index in [-0.39, 0.29) is 36.2 Å². The molecule has 4 aliphatic rings. The number of anilines is 2. The van der Waals surface area contributed by atoms with Crippen molar-refractivity contribution in [1.82, 2.24) is 30.9 Å². The molecule has 70 heavy (non-hydrogen) atoms. The fourth-order valence-electron chi connectivity index (χ4n) is 10.9. The first-order valence-corrected chi connectivity index (χ1v) is 23.4. The van der Waals surface area contributed by atoms with E-state index >= 15 is 0 Å². The molecule has 0 aliphatic carbocycles. The zero-order chi connectivity index (χ0) is 48.9. The van der Waals surface area contributed by atoms with Gasteiger partial charge in [-0.1, -0.05) is 46.7 Å². The third kappa shape index (κ3) is 7.42. The molecule has 6 N–H and O–H groups in total. The lowest BCUT2D eigenvalue weighted by molar-refractivity contribution is 0.0856. The molecule has 4 unspecified atom stereocenters. The van der Waals surface area contributed by atoms with Gasteiger partial charge in [0.1, 0.15) is 47.6 Å². The van der Waals surface area contributed by atoms with Crippen LogP contribution in [-0.2, 0) is 22.6 Å². The van der Waals surface area contributed by atoms with Gasteiger partial charge in [-0.15, -0.1) is 0 Å². The molecule has 4 aromatic carbocycles. The summed E-state index contributed by atoms with van der Waals surface area (Å²) in [6, 6.07) is 28.2. The molecule has 2 amide bonds. The number of aryl methyl sites for hydroxylation is 8. The Hall–Kier alpha value is -7.94. The van der Waals surface area contributed by atoms with Gasteiger partial charge in [-0.3, -0.25) is 9.59 Å². The normalized spacial score (nSPS) is 17.4. The van der Waals surface area contributed by atoms with E-state index in [4.69, 9.17) is 30.0 Å². The number of hydrogen-bond acceptors (Lipinski definition) is 12. The van der Waals surface area contributed by atoms with E-state index in [1.165, 1.54) is 11.1 Å². The Morgan fingerprint density at radius 3 is 1.20 bits per heavy atom. The minimum atomic E-state index is -0.191. The number of benzene rings is 4. The lowest BCUT2D eigenvalue weighted by atomic mass is 9.83. The lowest BCUT2D eigenvalue weighted by Gasteiger charge is -2.18. The first kappa shape index (κ1) is 44.6. The summed E-state index contributed by atoms with van der Waals surface area (Å²) in [6.07, 6.45) is -0.591. The minimum Gasteiger partial charge on any atom is -0.384 e. The van der Waals surface area contributed by atoms with Crippen LogP contribution >= 0.6 is 0 Å². The predicted octanol–water partition coefficient (Wildman–Crippen LogP) is 10.0. The molecular weight excluding hydrogens is 881 g/mol. The predicted molar refractivity (Wildman–Crippen MR) is 264 cm³/mol. The van der Waals surface area contributed by atoms with Crippen molar-refractivity contribution in [2.24, 2.45) is 0 Å². The van der Waals surface area contributed by atoms with Gasteiger partial charge in [0.05, 0.1) is 11.4 Å². The number of hydrogen-bond donors (Lipinski definition) is 4. The van der Waals surface area contributed by atoms with Crippen LogP contribution in [0.5, 0.6) is 0 Å². The molecule has 4 atom stereocenters. The molecule has 0 fully saturated rings. The summed E-state index contributed by atoms with van der Waals surface area (Å²) in [5.74, 6) is 2.33. The maximum atomic E-state index is 13.0.